The number of carbonyl (C=O) groups is 3. The average molecular weight is 734 g/mol. The number of ether oxygens (including phenoxy) is 2. The molecule has 1 spiro atoms. The van der Waals surface area contributed by atoms with Gasteiger partial charge in [-0.1, -0.05) is 30.7 Å². The fourth-order valence-corrected chi connectivity index (χ4v) is 10.9. The minimum atomic E-state index is -3.03. The zero-order chi connectivity index (χ0) is 36.3. The van der Waals surface area contributed by atoms with Gasteiger partial charge in [0, 0.05) is 34.3 Å². The first kappa shape index (κ1) is 36.8. The molecule has 3 amide bonds. The number of nitrogens with one attached hydrogen (secondary N) is 1. The van der Waals surface area contributed by atoms with E-state index in [4.69, 9.17) is 21.1 Å². The molecule has 3 fully saturated rings. The molecular formula is C34H44ClN3O11Si. The number of rotatable bonds is 8. The molecule has 0 radical (unpaired) electrons. The van der Waals surface area contributed by atoms with Gasteiger partial charge in [0.1, 0.15) is 18.3 Å². The van der Waals surface area contributed by atoms with Gasteiger partial charge in [0.25, 0.3) is 11.8 Å². The third-order valence-electron chi connectivity index (χ3n) is 10.6. The van der Waals surface area contributed by atoms with E-state index in [1.54, 1.807) is 65.4 Å². The summed E-state index contributed by atoms with van der Waals surface area (Å²) in [7, 11) is -3.03. The summed E-state index contributed by atoms with van der Waals surface area (Å²) in [6.07, 6.45) is -8.13. The molecule has 0 aromatic heterocycles. The molecule has 0 saturated carbocycles. The lowest BCUT2D eigenvalue weighted by atomic mass is 9.82. The van der Waals surface area contributed by atoms with Gasteiger partial charge in [-0.2, -0.15) is 0 Å². The quantitative estimate of drug-likeness (QED) is 0.189. The second-order valence-corrected chi connectivity index (χ2v) is 18.7. The van der Waals surface area contributed by atoms with E-state index in [9.17, 15) is 44.7 Å². The van der Waals surface area contributed by atoms with Gasteiger partial charge in [0.15, 0.2) is 26.3 Å². The first-order valence-corrected chi connectivity index (χ1v) is 20.2. The van der Waals surface area contributed by atoms with Crippen molar-refractivity contribution >= 4 is 49.0 Å². The van der Waals surface area contributed by atoms with E-state index in [-0.39, 0.29) is 37.4 Å². The highest BCUT2D eigenvalue weighted by molar-refractivity contribution is 6.71. The summed E-state index contributed by atoms with van der Waals surface area (Å²) in [5, 5.41) is 52.4. The Morgan fingerprint density at radius 3 is 2.42 bits per heavy atom. The minimum absolute atomic E-state index is 0.0396. The number of anilines is 2. The molecule has 3 saturated heterocycles. The molecule has 0 unspecified atom stereocenters. The average Bonchev–Trinajstić information content (AvgIpc) is 3.73. The zero-order valence-corrected chi connectivity index (χ0v) is 29.7. The largest absolute Gasteiger partial charge is 0.432 e. The highest BCUT2D eigenvalue weighted by Crippen LogP contribution is 2.60. The molecule has 2 aromatic carbocycles. The SMILES string of the molecule is C[C@H]1[C@H]([Si](C)(C)O)[C@@H](CC(=O)N2CCC[C@H]2CO)O[C@]12C(=O)N(Cc1ccc(NC(=O)[C@H]3O[C@@H](O)[C@H](O)[C@@H](O)[C@@H]3O)cc1)c1ccc(Cl)cc12. The van der Waals surface area contributed by atoms with E-state index in [1.807, 2.05) is 6.92 Å². The molecule has 0 aliphatic carbocycles. The number of aliphatic hydroxyl groups excluding tert-OH is 5. The minimum Gasteiger partial charge on any atom is -0.432 e. The molecule has 4 aliphatic heterocycles. The fraction of sp³-hybridized carbons (Fsp3) is 0.559. The number of hydrogen-bond donors (Lipinski definition) is 7. The van der Waals surface area contributed by atoms with Crippen molar-refractivity contribution in [2.24, 2.45) is 5.92 Å². The molecule has 4 heterocycles. The highest BCUT2D eigenvalue weighted by Gasteiger charge is 2.66. The third kappa shape index (κ3) is 6.38. The van der Waals surface area contributed by atoms with Crippen LogP contribution in [-0.2, 0) is 36.0 Å². The monoisotopic (exact) mass is 733 g/mol. The first-order chi connectivity index (χ1) is 23.6. The number of benzene rings is 2. The number of amides is 3. The van der Waals surface area contributed by atoms with Crippen molar-refractivity contribution < 1.29 is 54.2 Å². The summed E-state index contributed by atoms with van der Waals surface area (Å²) >= 11 is 6.49. The van der Waals surface area contributed by atoms with Gasteiger partial charge in [-0.15, -0.1) is 0 Å². The van der Waals surface area contributed by atoms with Crippen LogP contribution in [0.1, 0.15) is 37.3 Å². The Balaban J connectivity index is 1.24. The van der Waals surface area contributed by atoms with Crippen molar-refractivity contribution in [2.45, 2.75) is 99.8 Å². The van der Waals surface area contributed by atoms with Crippen LogP contribution in [0.25, 0.3) is 0 Å². The van der Waals surface area contributed by atoms with E-state index in [1.165, 1.54) is 0 Å². The van der Waals surface area contributed by atoms with Gasteiger partial charge in [0.2, 0.25) is 5.91 Å². The third-order valence-corrected chi connectivity index (χ3v) is 13.4. The maximum Gasteiger partial charge on any atom is 0.264 e. The molecule has 2 aromatic rings. The van der Waals surface area contributed by atoms with Crippen LogP contribution in [0.5, 0.6) is 0 Å². The number of halogens is 1. The van der Waals surface area contributed by atoms with Crippen LogP contribution in [0.4, 0.5) is 11.4 Å². The molecule has 4 aliphatic rings. The highest BCUT2D eigenvalue weighted by atomic mass is 35.5. The van der Waals surface area contributed by atoms with Gasteiger partial charge < -0.3 is 54.9 Å². The Kier molecular flexibility index (Phi) is 10.2. The van der Waals surface area contributed by atoms with Crippen LogP contribution < -0.4 is 10.2 Å². The van der Waals surface area contributed by atoms with E-state index in [2.05, 4.69) is 5.32 Å². The second kappa shape index (κ2) is 13.9. The first-order valence-electron chi connectivity index (χ1n) is 16.8. The summed E-state index contributed by atoms with van der Waals surface area (Å²) in [5.41, 5.74) is 0.140. The molecule has 6 rings (SSSR count). The molecule has 272 valence electrons. The summed E-state index contributed by atoms with van der Waals surface area (Å²) in [4.78, 5) is 55.8. The summed E-state index contributed by atoms with van der Waals surface area (Å²) < 4.78 is 11.8. The van der Waals surface area contributed by atoms with Crippen molar-refractivity contribution in [1.82, 2.24) is 4.90 Å². The van der Waals surface area contributed by atoms with Gasteiger partial charge >= 0.3 is 0 Å². The number of carbonyl (C=O) groups excluding carboxylic acids is 3. The Bertz CT molecular complexity index is 1630. The van der Waals surface area contributed by atoms with Crippen molar-refractivity contribution in [3.05, 3.63) is 58.6 Å². The molecule has 7 N–H and O–H groups in total. The lowest BCUT2D eigenvalue weighted by Gasteiger charge is -2.37. The molecule has 50 heavy (non-hydrogen) atoms. The standard InChI is InChI=1S/C34H44ClN3O11Si/c1-17-30(50(2,3)47)24(14-25(40)37-12-4-5-21(37)16-39)49-34(17)22-13-19(35)8-11-23(22)38(33(34)46)15-18-6-9-20(10-7-18)36-31(44)29-27(42)26(41)28(43)32(45)48-29/h6-11,13,17,21,24,26-30,32,39,41-43,45,47H,4-5,12,14-16H2,1-3H3,(H,36,44)/t17-,21-,24+,26-,27-,28+,29-,30-,32+,34+/m0/s1. The predicted octanol–water partition coefficient (Wildman–Crippen LogP) is 0.796. The van der Waals surface area contributed by atoms with Gasteiger partial charge in [-0.25, -0.2) is 0 Å². The van der Waals surface area contributed by atoms with Gasteiger partial charge in [0.05, 0.1) is 37.4 Å². The van der Waals surface area contributed by atoms with Gasteiger partial charge in [-0.05, 0) is 61.8 Å². The predicted molar refractivity (Wildman–Crippen MR) is 182 cm³/mol. The molecule has 14 nitrogen and oxygen atoms in total. The number of hydrogen-bond acceptors (Lipinski definition) is 11. The van der Waals surface area contributed by atoms with Crippen LogP contribution in [-0.4, -0.2) is 117 Å². The fourth-order valence-electron chi connectivity index (χ4n) is 8.22. The Hall–Kier alpha value is -2.96. The summed E-state index contributed by atoms with van der Waals surface area (Å²) in [6, 6.07) is 11.4. The number of likely N-dealkylation sites (tertiary alicyclic amines) is 1. The lowest BCUT2D eigenvalue weighted by Crippen LogP contribution is -2.60. The summed E-state index contributed by atoms with van der Waals surface area (Å²) in [6.45, 7) is 5.95. The Morgan fingerprint density at radius 2 is 1.76 bits per heavy atom. The van der Waals surface area contributed by atoms with Crippen LogP contribution >= 0.6 is 11.6 Å². The van der Waals surface area contributed by atoms with Crippen LogP contribution in [0.3, 0.4) is 0 Å². The van der Waals surface area contributed by atoms with Crippen LogP contribution in [0.2, 0.25) is 23.7 Å². The smallest absolute Gasteiger partial charge is 0.264 e. The number of fused-ring (bicyclic) bond motifs is 2. The molecule has 0 bridgehead atoms. The van der Waals surface area contributed by atoms with Crippen molar-refractivity contribution in [1.29, 1.82) is 0 Å². The topological polar surface area (TPSA) is 210 Å². The Labute approximate surface area is 295 Å². The molecular weight excluding hydrogens is 690 g/mol. The van der Waals surface area contributed by atoms with Crippen LogP contribution in [0.15, 0.2) is 42.5 Å². The van der Waals surface area contributed by atoms with E-state index in [0.29, 0.717) is 40.5 Å². The van der Waals surface area contributed by atoms with E-state index < -0.39 is 68.1 Å². The van der Waals surface area contributed by atoms with Crippen LogP contribution in [0, 0.1) is 5.92 Å². The van der Waals surface area contributed by atoms with E-state index in [0.717, 1.165) is 6.42 Å². The zero-order valence-electron chi connectivity index (χ0n) is 28.0. The van der Waals surface area contributed by atoms with E-state index >= 15 is 0 Å². The second-order valence-electron chi connectivity index (χ2n) is 14.3. The molecule has 10 atom stereocenters. The lowest BCUT2D eigenvalue weighted by molar-refractivity contribution is -0.274. The van der Waals surface area contributed by atoms with Gasteiger partial charge in [-0.3, -0.25) is 14.4 Å². The maximum atomic E-state index is 14.7. The van der Waals surface area contributed by atoms with Crippen molar-refractivity contribution in [3.63, 3.8) is 0 Å². The summed E-state index contributed by atoms with van der Waals surface area (Å²) in [5.74, 6) is -1.90. The number of aliphatic hydroxyl groups is 5. The number of nitrogens with zero attached hydrogens (tertiary/aromatic N) is 2. The van der Waals surface area contributed by atoms with Crippen molar-refractivity contribution in [2.75, 3.05) is 23.4 Å². The Morgan fingerprint density at radius 1 is 1.06 bits per heavy atom. The molecule has 16 heteroatoms. The van der Waals surface area contributed by atoms with Crippen molar-refractivity contribution in [3.8, 4) is 0 Å². The maximum absolute atomic E-state index is 14.7. The normalized spacial score (nSPS) is 34.0.